The van der Waals surface area contributed by atoms with Gasteiger partial charge >= 0.3 is 0 Å². The zero-order valence-corrected chi connectivity index (χ0v) is 21.7. The highest BCUT2D eigenvalue weighted by Gasteiger charge is 2.09. The van der Waals surface area contributed by atoms with Gasteiger partial charge in [-0.05, 0) is 81.7 Å². The van der Waals surface area contributed by atoms with Crippen LogP contribution in [-0.4, -0.2) is 36.0 Å². The average molecular weight is 512 g/mol. The maximum absolute atomic E-state index is 11.4. The Bertz CT molecular complexity index is 1330. The third kappa shape index (κ3) is 8.09. The van der Waals surface area contributed by atoms with Gasteiger partial charge in [0.25, 0.3) is 0 Å². The molecule has 0 aliphatic carbocycles. The van der Waals surface area contributed by atoms with E-state index in [1.54, 1.807) is 12.1 Å². The zero-order chi connectivity index (χ0) is 25.6. The highest BCUT2D eigenvalue weighted by atomic mass is 32.2. The molecule has 0 spiro atoms. The summed E-state index contributed by atoms with van der Waals surface area (Å²) in [5.74, 6) is 0.791. The Balaban J connectivity index is 1.74. The van der Waals surface area contributed by atoms with Crippen LogP contribution in [0.5, 0.6) is 0 Å². The van der Waals surface area contributed by atoms with E-state index in [9.17, 15) is 8.42 Å². The van der Waals surface area contributed by atoms with Crippen LogP contribution in [0.3, 0.4) is 0 Å². The van der Waals surface area contributed by atoms with Crippen molar-refractivity contribution in [3.8, 4) is 0 Å². The molecule has 0 aliphatic rings. The summed E-state index contributed by atoms with van der Waals surface area (Å²) in [5.41, 5.74) is 5.70. The van der Waals surface area contributed by atoms with E-state index in [0.29, 0.717) is 30.0 Å². The van der Waals surface area contributed by atoms with Gasteiger partial charge in [0, 0.05) is 23.6 Å². The molecule has 0 saturated carbocycles. The van der Waals surface area contributed by atoms with E-state index in [4.69, 9.17) is 17.4 Å². The van der Waals surface area contributed by atoms with Crippen molar-refractivity contribution in [2.45, 2.75) is 39.0 Å². The number of anilines is 2. The van der Waals surface area contributed by atoms with E-state index < -0.39 is 10.0 Å². The number of nitrogens with one attached hydrogen (secondary N) is 3. The van der Waals surface area contributed by atoms with Crippen molar-refractivity contribution in [2.24, 2.45) is 10.1 Å². The van der Waals surface area contributed by atoms with Crippen LogP contribution in [0.1, 0.15) is 28.1 Å². The van der Waals surface area contributed by atoms with Gasteiger partial charge in [0.2, 0.25) is 21.9 Å². The van der Waals surface area contributed by atoms with Crippen molar-refractivity contribution in [1.82, 2.24) is 15.3 Å². The molecule has 11 heteroatoms. The number of aryl methyl sites for hydroxylation is 4. The van der Waals surface area contributed by atoms with Crippen molar-refractivity contribution in [3.63, 3.8) is 0 Å². The number of aromatic nitrogens is 2. The minimum atomic E-state index is -3.72. The SMILES string of the molecule is Cc1ccc(NC(=S)NC(=NCCc2ccc(S(N)(=O)=O)cc2)Nc2nc(C)cc(C)n2)c(C)c1. The molecule has 3 rings (SSSR count). The molecule has 0 fully saturated rings. The summed E-state index contributed by atoms with van der Waals surface area (Å²) >= 11 is 5.51. The first-order valence-electron chi connectivity index (χ1n) is 10.9. The van der Waals surface area contributed by atoms with Crippen LogP contribution in [0, 0.1) is 27.7 Å². The van der Waals surface area contributed by atoms with Gasteiger partial charge < -0.3 is 10.6 Å². The molecule has 0 atom stereocenters. The number of guanidine groups is 1. The molecule has 0 aliphatic heterocycles. The Morgan fingerprint density at radius 3 is 2.23 bits per heavy atom. The number of thiocarbonyl (C=S) groups is 1. The van der Waals surface area contributed by atoms with Gasteiger partial charge in [-0.3, -0.25) is 10.3 Å². The van der Waals surface area contributed by atoms with E-state index in [2.05, 4.69) is 37.0 Å². The van der Waals surface area contributed by atoms with Crippen LogP contribution in [0.25, 0.3) is 0 Å². The number of hydrogen-bond acceptors (Lipinski definition) is 6. The van der Waals surface area contributed by atoms with Gasteiger partial charge in [-0.1, -0.05) is 29.8 Å². The van der Waals surface area contributed by atoms with Crippen molar-refractivity contribution in [2.75, 3.05) is 17.2 Å². The van der Waals surface area contributed by atoms with Crippen LogP contribution in [0.15, 0.2) is 58.4 Å². The first-order chi connectivity index (χ1) is 16.5. The molecule has 0 unspecified atom stereocenters. The van der Waals surface area contributed by atoms with Crippen molar-refractivity contribution >= 4 is 44.9 Å². The molecule has 184 valence electrons. The summed E-state index contributed by atoms with van der Waals surface area (Å²) in [6.07, 6.45) is 0.572. The first kappa shape index (κ1) is 26.2. The van der Waals surface area contributed by atoms with E-state index >= 15 is 0 Å². The van der Waals surface area contributed by atoms with Crippen LogP contribution in [0.4, 0.5) is 11.6 Å². The lowest BCUT2D eigenvalue weighted by Gasteiger charge is -2.15. The smallest absolute Gasteiger partial charge is 0.238 e. The first-order valence-corrected chi connectivity index (χ1v) is 12.9. The predicted octanol–water partition coefficient (Wildman–Crippen LogP) is 3.35. The highest BCUT2D eigenvalue weighted by Crippen LogP contribution is 2.16. The second-order valence-corrected chi connectivity index (χ2v) is 10.1. The van der Waals surface area contributed by atoms with Crippen molar-refractivity contribution < 1.29 is 8.42 Å². The fraction of sp³-hybridized carbons (Fsp3) is 0.250. The van der Waals surface area contributed by atoms with Gasteiger partial charge in [-0.25, -0.2) is 23.5 Å². The number of benzene rings is 2. The third-order valence-electron chi connectivity index (χ3n) is 5.00. The van der Waals surface area contributed by atoms with Gasteiger partial charge in [-0.15, -0.1) is 0 Å². The molecule has 35 heavy (non-hydrogen) atoms. The zero-order valence-electron chi connectivity index (χ0n) is 20.1. The number of primary sulfonamides is 1. The van der Waals surface area contributed by atoms with E-state index in [0.717, 1.165) is 28.2 Å². The lowest BCUT2D eigenvalue weighted by atomic mass is 10.1. The second kappa shape index (κ2) is 11.3. The molecule has 0 amide bonds. The molecule has 0 bridgehead atoms. The normalized spacial score (nSPS) is 11.7. The van der Waals surface area contributed by atoms with Gasteiger partial charge in [0.05, 0.1) is 4.90 Å². The molecule has 0 saturated heterocycles. The fourth-order valence-corrected chi connectivity index (χ4v) is 4.08. The highest BCUT2D eigenvalue weighted by molar-refractivity contribution is 7.89. The Hall–Kier alpha value is -3.41. The number of nitrogens with zero attached hydrogens (tertiary/aromatic N) is 3. The van der Waals surface area contributed by atoms with Gasteiger partial charge in [0.1, 0.15) is 0 Å². The van der Waals surface area contributed by atoms with Crippen LogP contribution in [0.2, 0.25) is 0 Å². The molecule has 1 aromatic heterocycles. The van der Waals surface area contributed by atoms with E-state index in [-0.39, 0.29) is 4.90 Å². The molecular formula is C24H29N7O2S2. The molecule has 9 nitrogen and oxygen atoms in total. The van der Waals surface area contributed by atoms with Crippen LogP contribution < -0.4 is 21.1 Å². The van der Waals surface area contributed by atoms with Gasteiger partial charge in [-0.2, -0.15) is 0 Å². The summed E-state index contributed by atoms with van der Waals surface area (Å²) in [5, 5.41) is 14.9. The number of hydrogen-bond donors (Lipinski definition) is 4. The number of aliphatic imine (C=N–C) groups is 1. The Kier molecular flexibility index (Phi) is 8.49. The topological polar surface area (TPSA) is 134 Å². The molecular weight excluding hydrogens is 482 g/mol. The lowest BCUT2D eigenvalue weighted by molar-refractivity contribution is 0.598. The fourth-order valence-electron chi connectivity index (χ4n) is 3.36. The van der Waals surface area contributed by atoms with E-state index in [1.165, 1.54) is 17.7 Å². The van der Waals surface area contributed by atoms with Crippen LogP contribution in [-0.2, 0) is 16.4 Å². The lowest BCUT2D eigenvalue weighted by Crippen LogP contribution is -2.39. The largest absolute Gasteiger partial charge is 0.332 e. The van der Waals surface area contributed by atoms with Crippen LogP contribution >= 0.6 is 12.2 Å². The number of nitrogens with two attached hydrogens (primary N) is 1. The Labute approximate surface area is 211 Å². The minimum absolute atomic E-state index is 0.0727. The number of rotatable bonds is 6. The maximum atomic E-state index is 11.4. The second-order valence-electron chi connectivity index (χ2n) is 8.17. The Morgan fingerprint density at radius 1 is 0.971 bits per heavy atom. The molecule has 5 N–H and O–H groups in total. The molecule has 0 radical (unpaired) electrons. The van der Waals surface area contributed by atoms with Gasteiger partial charge in [0.15, 0.2) is 5.11 Å². The minimum Gasteiger partial charge on any atom is -0.332 e. The summed E-state index contributed by atoms with van der Waals surface area (Å²) in [7, 11) is -3.72. The van der Waals surface area contributed by atoms with Crippen molar-refractivity contribution in [1.29, 1.82) is 0 Å². The summed E-state index contributed by atoms with van der Waals surface area (Å²) < 4.78 is 22.9. The quantitative estimate of drug-likeness (QED) is 0.225. The molecule has 1 heterocycles. The molecule has 3 aromatic rings. The summed E-state index contributed by atoms with van der Waals surface area (Å²) in [6, 6.07) is 14.3. The predicted molar refractivity (Wildman–Crippen MR) is 144 cm³/mol. The average Bonchev–Trinajstić information content (AvgIpc) is 2.74. The maximum Gasteiger partial charge on any atom is 0.238 e. The van der Waals surface area contributed by atoms with E-state index in [1.807, 2.05) is 45.9 Å². The van der Waals surface area contributed by atoms with Crippen molar-refractivity contribution in [3.05, 3.63) is 76.6 Å². The standard InChI is InChI=1S/C24H29N7O2S2/c1-15-5-10-21(16(2)13-15)29-24(34)31-22(30-23-27-17(3)14-18(4)28-23)26-12-11-19-6-8-20(9-7-19)35(25,32)33/h5-10,13-14H,11-12H2,1-4H3,(H2,25,32,33)(H3,26,27,28,29,30,31,34). The molecule has 2 aromatic carbocycles. The monoisotopic (exact) mass is 511 g/mol. The third-order valence-corrected chi connectivity index (χ3v) is 6.13. The Morgan fingerprint density at radius 2 is 1.63 bits per heavy atom. The number of sulfonamides is 1. The summed E-state index contributed by atoms with van der Waals surface area (Å²) in [6.45, 7) is 8.23. The summed E-state index contributed by atoms with van der Waals surface area (Å²) in [4.78, 5) is 13.5.